The number of likely N-dealkylation sites (tertiary alicyclic amines) is 1. The van der Waals surface area contributed by atoms with Crippen LogP contribution in [0.2, 0.25) is 0 Å². The summed E-state index contributed by atoms with van der Waals surface area (Å²) in [5, 5.41) is 7.27. The number of aromatic nitrogens is 3. The van der Waals surface area contributed by atoms with E-state index < -0.39 is 0 Å². The zero-order chi connectivity index (χ0) is 22.5. The molecule has 33 heavy (non-hydrogen) atoms. The number of anilines is 2. The van der Waals surface area contributed by atoms with Crippen LogP contribution in [0.3, 0.4) is 0 Å². The molecule has 0 aliphatic carbocycles. The predicted molar refractivity (Wildman–Crippen MR) is 132 cm³/mol. The zero-order valence-electron chi connectivity index (χ0n) is 18.6. The molecule has 5 rings (SSSR count). The molecule has 0 bridgehead atoms. The molecule has 0 unspecified atom stereocenters. The number of H-pyrrole nitrogens is 1. The van der Waals surface area contributed by atoms with E-state index >= 15 is 0 Å². The average Bonchev–Trinajstić information content (AvgIpc) is 3.29. The van der Waals surface area contributed by atoms with Crippen molar-refractivity contribution in [1.82, 2.24) is 25.2 Å². The van der Waals surface area contributed by atoms with Crippen LogP contribution in [0.1, 0.15) is 29.8 Å². The van der Waals surface area contributed by atoms with Crippen molar-refractivity contribution in [3.63, 3.8) is 0 Å². The Hall–Kier alpha value is -3.71. The third-order valence-corrected chi connectivity index (χ3v) is 6.01. The molecule has 3 heterocycles. The van der Waals surface area contributed by atoms with Gasteiger partial charge >= 0.3 is 0 Å². The van der Waals surface area contributed by atoms with E-state index in [1.165, 1.54) is 19.3 Å². The molecule has 0 radical (unpaired) electrons. The number of aromatic amines is 1. The number of carbonyl (C=O) groups is 1. The third-order valence-electron chi connectivity index (χ3n) is 6.01. The fourth-order valence-corrected chi connectivity index (χ4v) is 4.26. The minimum atomic E-state index is -0.0726. The normalized spacial score (nSPS) is 14.3. The number of fused-ring (bicyclic) bond motifs is 1. The maximum atomic E-state index is 12.6. The quantitative estimate of drug-likeness (QED) is 0.392. The maximum absolute atomic E-state index is 12.6. The number of carbonyl (C=O) groups excluding carboxylic acids is 1. The number of amides is 1. The Balaban J connectivity index is 1.24. The van der Waals surface area contributed by atoms with Gasteiger partial charge in [0.1, 0.15) is 5.69 Å². The van der Waals surface area contributed by atoms with Gasteiger partial charge in [0.25, 0.3) is 5.91 Å². The van der Waals surface area contributed by atoms with Crippen LogP contribution in [0.15, 0.2) is 66.9 Å². The molecule has 0 saturated carbocycles. The van der Waals surface area contributed by atoms with Gasteiger partial charge < -0.3 is 20.5 Å². The highest BCUT2D eigenvalue weighted by Crippen LogP contribution is 2.23. The molecule has 3 N–H and O–H groups in total. The second-order valence-corrected chi connectivity index (χ2v) is 8.40. The Bertz CT molecular complexity index is 1230. The van der Waals surface area contributed by atoms with Gasteiger partial charge in [-0.1, -0.05) is 36.8 Å². The second-order valence-electron chi connectivity index (χ2n) is 8.40. The first-order valence-corrected chi connectivity index (χ1v) is 11.5. The molecule has 0 spiro atoms. The Morgan fingerprint density at radius 2 is 1.85 bits per heavy atom. The fourth-order valence-electron chi connectivity index (χ4n) is 4.26. The van der Waals surface area contributed by atoms with Crippen LogP contribution in [0.4, 0.5) is 11.6 Å². The van der Waals surface area contributed by atoms with E-state index in [1.807, 2.05) is 60.7 Å². The van der Waals surface area contributed by atoms with Crippen LogP contribution < -0.4 is 10.6 Å². The van der Waals surface area contributed by atoms with Crippen LogP contribution >= 0.6 is 0 Å². The van der Waals surface area contributed by atoms with Crippen LogP contribution in [0.25, 0.3) is 22.2 Å². The number of hydrogen-bond acceptors (Lipinski definition) is 5. The van der Waals surface area contributed by atoms with Crippen molar-refractivity contribution in [2.75, 3.05) is 31.5 Å². The van der Waals surface area contributed by atoms with Gasteiger partial charge in [-0.2, -0.15) is 0 Å². The first kappa shape index (κ1) is 21.2. The molecular weight excluding hydrogens is 412 g/mol. The number of nitrogens with one attached hydrogen (secondary N) is 3. The molecule has 2 aromatic heterocycles. The maximum Gasteiger partial charge on any atom is 0.267 e. The SMILES string of the molecule is O=C(NCCN1CCCCC1)c1cc2cc(Nc3nccc(-c4ccccc4)n3)ccc2[nH]1. The van der Waals surface area contributed by atoms with Gasteiger partial charge in [-0.3, -0.25) is 4.79 Å². The van der Waals surface area contributed by atoms with Crippen LogP contribution in [-0.2, 0) is 0 Å². The predicted octanol–water partition coefficient (Wildman–Crippen LogP) is 4.58. The van der Waals surface area contributed by atoms with Gasteiger partial charge in [-0.05, 0) is 56.3 Å². The highest BCUT2D eigenvalue weighted by Gasteiger charge is 2.13. The lowest BCUT2D eigenvalue weighted by Gasteiger charge is -2.26. The summed E-state index contributed by atoms with van der Waals surface area (Å²) < 4.78 is 0. The Morgan fingerprint density at radius 1 is 1.00 bits per heavy atom. The van der Waals surface area contributed by atoms with Crippen molar-refractivity contribution in [3.05, 3.63) is 72.6 Å². The highest BCUT2D eigenvalue weighted by molar-refractivity contribution is 5.98. The summed E-state index contributed by atoms with van der Waals surface area (Å²) in [7, 11) is 0. The summed E-state index contributed by atoms with van der Waals surface area (Å²) in [6.45, 7) is 3.84. The number of benzene rings is 2. The van der Waals surface area contributed by atoms with Crippen LogP contribution in [0, 0.1) is 0 Å². The Labute approximate surface area is 193 Å². The summed E-state index contributed by atoms with van der Waals surface area (Å²) >= 11 is 0. The molecule has 7 nitrogen and oxygen atoms in total. The molecule has 2 aromatic carbocycles. The second kappa shape index (κ2) is 9.83. The largest absolute Gasteiger partial charge is 0.351 e. The van der Waals surface area contributed by atoms with Gasteiger partial charge in [0.2, 0.25) is 5.95 Å². The zero-order valence-corrected chi connectivity index (χ0v) is 18.6. The average molecular weight is 441 g/mol. The van der Waals surface area contributed by atoms with Gasteiger partial charge in [0.05, 0.1) is 5.69 Å². The number of rotatable bonds is 7. The van der Waals surface area contributed by atoms with Crippen molar-refractivity contribution < 1.29 is 4.79 Å². The van der Waals surface area contributed by atoms with E-state index in [0.29, 0.717) is 18.2 Å². The van der Waals surface area contributed by atoms with Crippen molar-refractivity contribution >= 4 is 28.4 Å². The molecule has 1 aliphatic heterocycles. The molecular formula is C26H28N6O. The summed E-state index contributed by atoms with van der Waals surface area (Å²) in [6.07, 6.45) is 5.58. The summed E-state index contributed by atoms with van der Waals surface area (Å²) in [5.74, 6) is 0.457. The lowest BCUT2D eigenvalue weighted by atomic mass is 10.1. The molecule has 1 fully saturated rings. The van der Waals surface area contributed by atoms with Crippen LogP contribution in [-0.4, -0.2) is 51.9 Å². The minimum absolute atomic E-state index is 0.0726. The van der Waals surface area contributed by atoms with Gasteiger partial charge in [0, 0.05) is 41.4 Å². The molecule has 1 amide bonds. The smallest absolute Gasteiger partial charge is 0.267 e. The molecule has 4 aromatic rings. The lowest BCUT2D eigenvalue weighted by Crippen LogP contribution is -2.37. The first-order valence-electron chi connectivity index (χ1n) is 11.5. The summed E-state index contributed by atoms with van der Waals surface area (Å²) in [6, 6.07) is 19.7. The van der Waals surface area contributed by atoms with E-state index in [2.05, 4.69) is 30.5 Å². The topological polar surface area (TPSA) is 85.9 Å². The van der Waals surface area contributed by atoms with E-state index in [-0.39, 0.29) is 5.91 Å². The molecule has 1 aliphatic rings. The van der Waals surface area contributed by atoms with Gasteiger partial charge in [0.15, 0.2) is 0 Å². The fraction of sp³-hybridized carbons (Fsp3) is 0.269. The lowest BCUT2D eigenvalue weighted by molar-refractivity contribution is 0.0942. The van der Waals surface area contributed by atoms with Crippen molar-refractivity contribution in [2.45, 2.75) is 19.3 Å². The Kier molecular flexibility index (Phi) is 6.30. The minimum Gasteiger partial charge on any atom is -0.351 e. The van der Waals surface area contributed by atoms with E-state index in [1.54, 1.807) is 6.20 Å². The van der Waals surface area contributed by atoms with Gasteiger partial charge in [-0.15, -0.1) is 0 Å². The van der Waals surface area contributed by atoms with Gasteiger partial charge in [-0.25, -0.2) is 9.97 Å². The number of nitrogens with zero attached hydrogens (tertiary/aromatic N) is 3. The molecule has 0 atom stereocenters. The van der Waals surface area contributed by atoms with E-state index in [9.17, 15) is 4.79 Å². The molecule has 7 heteroatoms. The Morgan fingerprint density at radius 3 is 2.70 bits per heavy atom. The summed E-state index contributed by atoms with van der Waals surface area (Å²) in [5.41, 5.74) is 4.26. The highest BCUT2D eigenvalue weighted by atomic mass is 16.1. The van der Waals surface area contributed by atoms with Crippen molar-refractivity contribution in [2.24, 2.45) is 0 Å². The molecule has 1 saturated heterocycles. The molecule has 168 valence electrons. The number of piperidine rings is 1. The van der Waals surface area contributed by atoms with Crippen LogP contribution in [0.5, 0.6) is 0 Å². The first-order chi connectivity index (χ1) is 16.2. The van der Waals surface area contributed by atoms with E-state index in [0.717, 1.165) is 47.5 Å². The standard InChI is InChI=1S/C26H28N6O/c33-25(27-13-16-32-14-5-2-6-15-32)24-18-20-17-21(9-10-22(20)30-24)29-26-28-12-11-23(31-26)19-7-3-1-4-8-19/h1,3-4,7-12,17-18,30H,2,5-6,13-16H2,(H,27,33)(H,28,29,31). The number of hydrogen-bond donors (Lipinski definition) is 3. The third kappa shape index (κ3) is 5.21. The van der Waals surface area contributed by atoms with Crippen molar-refractivity contribution in [1.29, 1.82) is 0 Å². The van der Waals surface area contributed by atoms with Crippen molar-refractivity contribution in [3.8, 4) is 11.3 Å². The monoisotopic (exact) mass is 440 g/mol. The van der Waals surface area contributed by atoms with E-state index in [4.69, 9.17) is 0 Å². The summed E-state index contributed by atoms with van der Waals surface area (Å²) in [4.78, 5) is 27.2.